The molecule has 3 aromatic carbocycles. The standard InChI is InChI=1S/C29H31N3O/c33-28(30-19-21-8-2-1-3-9-21)31-22-14-16-32(17-15-22)20-29-18-25(23-10-4-6-12-26(23)29)24-11-5-7-13-27(24)29/h1-13,22,25H,14-20H2,(H2,30,31,33). The predicted molar refractivity (Wildman–Crippen MR) is 131 cm³/mol. The van der Waals surface area contributed by atoms with Gasteiger partial charge in [-0.25, -0.2) is 4.79 Å². The number of urea groups is 1. The van der Waals surface area contributed by atoms with Crippen molar-refractivity contribution in [2.75, 3.05) is 19.6 Å². The Morgan fingerprint density at radius 3 is 2.12 bits per heavy atom. The van der Waals surface area contributed by atoms with Crippen LogP contribution in [0.1, 0.15) is 53.0 Å². The number of fused-ring (bicyclic) bond motifs is 8. The van der Waals surface area contributed by atoms with Crippen molar-refractivity contribution >= 4 is 6.03 Å². The summed E-state index contributed by atoms with van der Waals surface area (Å²) < 4.78 is 0. The maximum Gasteiger partial charge on any atom is 0.315 e. The van der Waals surface area contributed by atoms with Crippen LogP contribution in [0.2, 0.25) is 0 Å². The van der Waals surface area contributed by atoms with Gasteiger partial charge >= 0.3 is 6.03 Å². The molecule has 2 N–H and O–H groups in total. The van der Waals surface area contributed by atoms with Gasteiger partial charge < -0.3 is 15.5 Å². The molecular formula is C29H31N3O. The fraction of sp³-hybridized carbons (Fsp3) is 0.345. The van der Waals surface area contributed by atoms with Crippen molar-refractivity contribution < 1.29 is 4.79 Å². The molecule has 0 aromatic heterocycles. The SMILES string of the molecule is O=C(NCc1ccccc1)NC1CCN(CC23CC(c4ccccc42)c2ccccc23)CC1. The Balaban J connectivity index is 1.09. The third-order valence-electron chi connectivity index (χ3n) is 7.97. The first-order chi connectivity index (χ1) is 16.2. The van der Waals surface area contributed by atoms with Gasteiger partial charge in [0.1, 0.15) is 0 Å². The van der Waals surface area contributed by atoms with Crippen molar-refractivity contribution in [2.45, 2.75) is 43.2 Å². The third-order valence-corrected chi connectivity index (χ3v) is 7.97. The van der Waals surface area contributed by atoms with Crippen LogP contribution in [0.3, 0.4) is 0 Å². The molecule has 3 aliphatic rings. The van der Waals surface area contributed by atoms with E-state index in [1.165, 1.54) is 28.7 Å². The molecule has 33 heavy (non-hydrogen) atoms. The van der Waals surface area contributed by atoms with Gasteiger partial charge in [0.15, 0.2) is 0 Å². The van der Waals surface area contributed by atoms with Gasteiger partial charge in [0.2, 0.25) is 0 Å². The minimum Gasteiger partial charge on any atom is -0.335 e. The summed E-state index contributed by atoms with van der Waals surface area (Å²) in [6, 6.07) is 28.4. The highest BCUT2D eigenvalue weighted by Gasteiger charge is 2.53. The summed E-state index contributed by atoms with van der Waals surface area (Å²) in [6.45, 7) is 3.69. The molecule has 1 heterocycles. The first-order valence-electron chi connectivity index (χ1n) is 12.2. The Morgan fingerprint density at radius 2 is 1.45 bits per heavy atom. The van der Waals surface area contributed by atoms with E-state index in [1.54, 1.807) is 0 Å². The smallest absolute Gasteiger partial charge is 0.315 e. The minimum atomic E-state index is -0.0619. The Kier molecular flexibility index (Phi) is 5.18. The molecule has 6 rings (SSSR count). The Morgan fingerprint density at radius 1 is 0.848 bits per heavy atom. The maximum atomic E-state index is 12.4. The zero-order valence-corrected chi connectivity index (χ0v) is 19.0. The lowest BCUT2D eigenvalue weighted by Gasteiger charge is -2.40. The molecule has 0 atom stereocenters. The van der Waals surface area contributed by atoms with E-state index in [2.05, 4.69) is 64.1 Å². The number of carbonyl (C=O) groups excluding carboxylic acids is 1. The second kappa shape index (κ2) is 8.35. The summed E-state index contributed by atoms with van der Waals surface area (Å²) >= 11 is 0. The highest BCUT2D eigenvalue weighted by atomic mass is 16.2. The van der Waals surface area contributed by atoms with Crippen molar-refractivity contribution in [1.82, 2.24) is 15.5 Å². The van der Waals surface area contributed by atoms with Gasteiger partial charge in [-0.2, -0.15) is 0 Å². The summed E-state index contributed by atoms with van der Waals surface area (Å²) in [4.78, 5) is 15.0. The Bertz CT molecular complexity index is 1100. The second-order valence-electron chi connectivity index (χ2n) is 9.88. The van der Waals surface area contributed by atoms with E-state index in [4.69, 9.17) is 0 Å². The molecule has 0 unspecified atom stereocenters. The summed E-state index contributed by atoms with van der Waals surface area (Å²) in [5, 5.41) is 6.18. The lowest BCUT2D eigenvalue weighted by molar-refractivity contribution is 0.169. The lowest BCUT2D eigenvalue weighted by Crippen LogP contribution is -2.50. The number of nitrogens with one attached hydrogen (secondary N) is 2. The van der Waals surface area contributed by atoms with Crippen molar-refractivity contribution in [3.8, 4) is 0 Å². The van der Waals surface area contributed by atoms with Gasteiger partial charge in [-0.1, -0.05) is 78.9 Å². The molecular weight excluding hydrogens is 406 g/mol. The molecule has 2 amide bonds. The first-order valence-corrected chi connectivity index (χ1v) is 12.2. The number of rotatable bonds is 5. The van der Waals surface area contributed by atoms with E-state index >= 15 is 0 Å². The molecule has 1 fully saturated rings. The van der Waals surface area contributed by atoms with Crippen molar-refractivity contribution in [3.05, 3.63) is 107 Å². The average molecular weight is 438 g/mol. The molecule has 4 nitrogen and oxygen atoms in total. The number of carbonyl (C=O) groups is 1. The second-order valence-corrected chi connectivity index (χ2v) is 9.88. The number of likely N-dealkylation sites (tertiary alicyclic amines) is 1. The quantitative estimate of drug-likeness (QED) is 0.603. The molecule has 168 valence electrons. The van der Waals surface area contributed by atoms with E-state index in [1.807, 2.05) is 30.3 Å². The minimum absolute atomic E-state index is 0.0619. The molecule has 3 aromatic rings. The molecule has 2 aliphatic carbocycles. The van der Waals surface area contributed by atoms with Gasteiger partial charge in [-0.15, -0.1) is 0 Å². The average Bonchev–Trinajstić information content (AvgIpc) is 3.37. The fourth-order valence-electron chi connectivity index (χ4n) is 6.44. The predicted octanol–water partition coefficient (Wildman–Crippen LogP) is 4.79. The number of hydrogen-bond donors (Lipinski definition) is 2. The van der Waals surface area contributed by atoms with Gasteiger partial charge in [0.25, 0.3) is 0 Å². The molecule has 0 radical (unpaired) electrons. The topological polar surface area (TPSA) is 44.4 Å². The molecule has 2 bridgehead atoms. The third kappa shape index (κ3) is 3.63. The first kappa shape index (κ1) is 20.5. The molecule has 1 saturated heterocycles. The molecule has 1 aliphatic heterocycles. The maximum absolute atomic E-state index is 12.4. The zero-order valence-electron chi connectivity index (χ0n) is 19.0. The Labute approximate surface area is 196 Å². The normalized spacial score (nSPS) is 23.7. The van der Waals surface area contributed by atoms with Gasteiger partial charge in [-0.3, -0.25) is 0 Å². The number of hydrogen-bond acceptors (Lipinski definition) is 2. The van der Waals surface area contributed by atoms with Gasteiger partial charge in [0.05, 0.1) is 0 Å². The van der Waals surface area contributed by atoms with Crippen LogP contribution in [0, 0.1) is 0 Å². The number of amides is 2. The van der Waals surface area contributed by atoms with Gasteiger partial charge in [-0.05, 0) is 47.1 Å². The van der Waals surface area contributed by atoms with Crippen LogP contribution < -0.4 is 10.6 Å². The number of benzene rings is 3. The number of nitrogens with zero attached hydrogens (tertiary/aromatic N) is 1. The Hall–Kier alpha value is -3.11. The molecule has 0 saturated carbocycles. The van der Waals surface area contributed by atoms with Crippen molar-refractivity contribution in [2.24, 2.45) is 0 Å². The summed E-state index contributed by atoms with van der Waals surface area (Å²) in [5.41, 5.74) is 7.37. The van der Waals surface area contributed by atoms with Crippen LogP contribution in [-0.4, -0.2) is 36.6 Å². The van der Waals surface area contributed by atoms with E-state index in [9.17, 15) is 4.79 Å². The van der Waals surface area contributed by atoms with E-state index < -0.39 is 0 Å². The summed E-state index contributed by atoms with van der Waals surface area (Å²) in [6.07, 6.45) is 3.20. The van der Waals surface area contributed by atoms with Crippen LogP contribution >= 0.6 is 0 Å². The highest BCUT2D eigenvalue weighted by Crippen LogP contribution is 2.60. The summed E-state index contributed by atoms with van der Waals surface area (Å²) in [5.74, 6) is 0.546. The fourth-order valence-corrected chi connectivity index (χ4v) is 6.44. The van der Waals surface area contributed by atoms with Crippen LogP contribution in [0.5, 0.6) is 0 Å². The van der Waals surface area contributed by atoms with E-state index in [-0.39, 0.29) is 17.5 Å². The molecule has 4 heteroatoms. The van der Waals surface area contributed by atoms with Gasteiger partial charge in [0, 0.05) is 43.6 Å². The highest BCUT2D eigenvalue weighted by molar-refractivity contribution is 5.74. The summed E-state index contributed by atoms with van der Waals surface area (Å²) in [7, 11) is 0. The largest absolute Gasteiger partial charge is 0.335 e. The van der Waals surface area contributed by atoms with Crippen LogP contribution in [0.15, 0.2) is 78.9 Å². The molecule has 0 spiro atoms. The van der Waals surface area contributed by atoms with Crippen LogP contribution in [0.4, 0.5) is 4.79 Å². The van der Waals surface area contributed by atoms with Crippen LogP contribution in [0.25, 0.3) is 0 Å². The monoisotopic (exact) mass is 437 g/mol. The number of piperidine rings is 1. The van der Waals surface area contributed by atoms with Crippen LogP contribution in [-0.2, 0) is 12.0 Å². The van der Waals surface area contributed by atoms with E-state index in [0.717, 1.165) is 38.0 Å². The van der Waals surface area contributed by atoms with Crippen molar-refractivity contribution in [1.29, 1.82) is 0 Å². The zero-order chi connectivity index (χ0) is 22.3. The van der Waals surface area contributed by atoms with E-state index in [0.29, 0.717) is 12.5 Å². The van der Waals surface area contributed by atoms with Crippen molar-refractivity contribution in [3.63, 3.8) is 0 Å². The lowest BCUT2D eigenvalue weighted by atomic mass is 9.74.